The fourth-order valence-corrected chi connectivity index (χ4v) is 2.52. The van der Waals surface area contributed by atoms with Gasteiger partial charge in [-0.1, -0.05) is 12.1 Å². The summed E-state index contributed by atoms with van der Waals surface area (Å²) >= 11 is 0. The Morgan fingerprint density at radius 3 is 2.73 bits per heavy atom. The molecular formula is C17H18N4O5. The summed E-state index contributed by atoms with van der Waals surface area (Å²) in [5.41, 5.74) is 0.774. The maximum Gasteiger partial charge on any atom is 0.310 e. The van der Waals surface area contributed by atoms with Crippen molar-refractivity contribution in [3.63, 3.8) is 0 Å². The SMILES string of the molecule is O=C(COc1ccccc1[N+](=O)[O-])Nc1ccc(N2CCOCC2)cn1. The summed E-state index contributed by atoms with van der Waals surface area (Å²) in [6.07, 6.45) is 1.68. The summed E-state index contributed by atoms with van der Waals surface area (Å²) in [5.74, 6) is -0.0174. The molecular weight excluding hydrogens is 340 g/mol. The third-order valence-electron chi connectivity index (χ3n) is 3.81. The number of nitro groups is 1. The molecule has 26 heavy (non-hydrogen) atoms. The standard InChI is InChI=1S/C17H18N4O5/c22-17(12-26-15-4-2-1-3-14(15)21(23)24)19-16-6-5-13(11-18-16)20-7-9-25-10-8-20/h1-6,11H,7-10,12H2,(H,18,19,22). The number of benzene rings is 1. The molecule has 1 fully saturated rings. The average Bonchev–Trinajstić information content (AvgIpc) is 2.68. The Morgan fingerprint density at radius 2 is 2.04 bits per heavy atom. The van der Waals surface area contributed by atoms with Crippen molar-refractivity contribution in [2.45, 2.75) is 0 Å². The highest BCUT2D eigenvalue weighted by molar-refractivity contribution is 5.91. The van der Waals surface area contributed by atoms with Crippen molar-refractivity contribution in [1.29, 1.82) is 0 Å². The van der Waals surface area contributed by atoms with Gasteiger partial charge in [-0.25, -0.2) is 4.98 Å². The van der Waals surface area contributed by atoms with Crippen LogP contribution < -0.4 is 15.0 Å². The molecule has 1 aliphatic heterocycles. The molecule has 0 bridgehead atoms. The van der Waals surface area contributed by atoms with Crippen molar-refractivity contribution in [3.8, 4) is 5.75 Å². The number of anilines is 2. The number of nitrogens with one attached hydrogen (secondary N) is 1. The highest BCUT2D eigenvalue weighted by Crippen LogP contribution is 2.25. The molecule has 0 aliphatic carbocycles. The number of nitro benzene ring substituents is 1. The number of morpholine rings is 1. The zero-order valence-electron chi connectivity index (χ0n) is 14.0. The van der Waals surface area contributed by atoms with E-state index in [-0.39, 0.29) is 18.0 Å². The molecule has 1 aromatic heterocycles. The number of carbonyl (C=O) groups excluding carboxylic acids is 1. The van der Waals surface area contributed by atoms with E-state index in [4.69, 9.17) is 9.47 Å². The van der Waals surface area contributed by atoms with Gasteiger partial charge in [0, 0.05) is 19.2 Å². The van der Waals surface area contributed by atoms with Crippen molar-refractivity contribution < 1.29 is 19.2 Å². The van der Waals surface area contributed by atoms with Crippen molar-refractivity contribution >= 4 is 23.1 Å². The number of hydrogen-bond acceptors (Lipinski definition) is 7. The average molecular weight is 358 g/mol. The molecule has 1 amide bonds. The number of aromatic nitrogens is 1. The molecule has 0 unspecified atom stereocenters. The first-order valence-electron chi connectivity index (χ1n) is 8.08. The lowest BCUT2D eigenvalue weighted by Gasteiger charge is -2.28. The van der Waals surface area contributed by atoms with Crippen LogP contribution in [-0.2, 0) is 9.53 Å². The molecule has 3 rings (SSSR count). The van der Waals surface area contributed by atoms with Gasteiger partial charge in [0.15, 0.2) is 12.4 Å². The molecule has 2 heterocycles. The van der Waals surface area contributed by atoms with E-state index in [1.54, 1.807) is 18.3 Å². The highest BCUT2D eigenvalue weighted by Gasteiger charge is 2.15. The Balaban J connectivity index is 1.54. The van der Waals surface area contributed by atoms with Gasteiger partial charge in [-0.3, -0.25) is 14.9 Å². The first kappa shape index (κ1) is 17.6. The highest BCUT2D eigenvalue weighted by atomic mass is 16.6. The summed E-state index contributed by atoms with van der Waals surface area (Å²) in [7, 11) is 0. The molecule has 9 nitrogen and oxygen atoms in total. The second-order valence-corrected chi connectivity index (χ2v) is 5.56. The van der Waals surface area contributed by atoms with Crippen molar-refractivity contribution in [2.75, 3.05) is 43.1 Å². The van der Waals surface area contributed by atoms with Crippen LogP contribution in [0.2, 0.25) is 0 Å². The summed E-state index contributed by atoms with van der Waals surface area (Å²) in [4.78, 5) is 28.7. The fourth-order valence-electron chi connectivity index (χ4n) is 2.52. The van der Waals surface area contributed by atoms with Crippen LogP contribution in [-0.4, -0.2) is 48.7 Å². The molecule has 1 N–H and O–H groups in total. The molecule has 0 saturated carbocycles. The minimum absolute atomic E-state index is 0.0447. The summed E-state index contributed by atoms with van der Waals surface area (Å²) < 4.78 is 10.6. The molecule has 1 aromatic carbocycles. The number of pyridine rings is 1. The van der Waals surface area contributed by atoms with Crippen LogP contribution in [0.15, 0.2) is 42.6 Å². The van der Waals surface area contributed by atoms with Gasteiger partial charge in [0.2, 0.25) is 0 Å². The van der Waals surface area contributed by atoms with Crippen LogP contribution in [0.3, 0.4) is 0 Å². The van der Waals surface area contributed by atoms with E-state index in [9.17, 15) is 14.9 Å². The molecule has 0 radical (unpaired) electrons. The van der Waals surface area contributed by atoms with E-state index in [0.29, 0.717) is 19.0 Å². The number of ether oxygens (including phenoxy) is 2. The van der Waals surface area contributed by atoms with Gasteiger partial charge in [0.05, 0.1) is 30.0 Å². The summed E-state index contributed by atoms with van der Waals surface area (Å²) in [5, 5.41) is 13.5. The summed E-state index contributed by atoms with van der Waals surface area (Å²) in [6.45, 7) is 2.62. The van der Waals surface area contributed by atoms with Gasteiger partial charge in [-0.2, -0.15) is 0 Å². The topological polar surface area (TPSA) is 107 Å². The molecule has 1 saturated heterocycles. The van der Waals surface area contributed by atoms with Crippen molar-refractivity contribution in [1.82, 2.24) is 4.98 Å². The monoisotopic (exact) mass is 358 g/mol. The van der Waals surface area contributed by atoms with Gasteiger partial charge in [-0.05, 0) is 18.2 Å². The molecule has 0 spiro atoms. The first-order chi connectivity index (χ1) is 12.6. The minimum atomic E-state index is -0.556. The third kappa shape index (κ3) is 4.45. The number of hydrogen-bond donors (Lipinski definition) is 1. The van der Waals surface area contributed by atoms with Crippen LogP contribution in [0.1, 0.15) is 0 Å². The number of nitrogens with zero attached hydrogens (tertiary/aromatic N) is 3. The van der Waals surface area contributed by atoms with E-state index in [1.807, 2.05) is 6.07 Å². The predicted molar refractivity (Wildman–Crippen MR) is 94.5 cm³/mol. The van der Waals surface area contributed by atoms with Crippen LogP contribution in [0.25, 0.3) is 0 Å². The molecule has 1 aliphatic rings. The van der Waals surface area contributed by atoms with E-state index >= 15 is 0 Å². The van der Waals surface area contributed by atoms with Crippen molar-refractivity contribution in [2.24, 2.45) is 0 Å². The van der Waals surface area contributed by atoms with Gasteiger partial charge >= 0.3 is 5.69 Å². The molecule has 2 aromatic rings. The Morgan fingerprint density at radius 1 is 1.27 bits per heavy atom. The Kier molecular flexibility index (Phi) is 5.59. The number of para-hydroxylation sites is 2. The maximum atomic E-state index is 12.0. The second kappa shape index (κ2) is 8.26. The normalized spacial score (nSPS) is 13.9. The van der Waals surface area contributed by atoms with E-state index in [0.717, 1.165) is 18.8 Å². The zero-order valence-corrected chi connectivity index (χ0v) is 14.0. The van der Waals surface area contributed by atoms with Gasteiger partial charge < -0.3 is 19.7 Å². The second-order valence-electron chi connectivity index (χ2n) is 5.56. The lowest BCUT2D eigenvalue weighted by Crippen LogP contribution is -2.36. The van der Waals surface area contributed by atoms with E-state index in [1.165, 1.54) is 18.2 Å². The Labute approximate surface area is 149 Å². The van der Waals surface area contributed by atoms with Crippen LogP contribution in [0, 0.1) is 10.1 Å². The minimum Gasteiger partial charge on any atom is -0.477 e. The fraction of sp³-hybridized carbons (Fsp3) is 0.294. The lowest BCUT2D eigenvalue weighted by atomic mass is 10.3. The third-order valence-corrected chi connectivity index (χ3v) is 3.81. The zero-order chi connectivity index (χ0) is 18.4. The lowest BCUT2D eigenvalue weighted by molar-refractivity contribution is -0.385. The summed E-state index contributed by atoms with van der Waals surface area (Å²) in [6, 6.07) is 9.47. The first-order valence-corrected chi connectivity index (χ1v) is 8.08. The van der Waals surface area contributed by atoms with Crippen LogP contribution in [0.5, 0.6) is 5.75 Å². The van der Waals surface area contributed by atoms with Gasteiger partial charge in [0.25, 0.3) is 5.91 Å². The molecule has 136 valence electrons. The van der Waals surface area contributed by atoms with E-state index in [2.05, 4.69) is 15.2 Å². The Bertz CT molecular complexity index is 775. The molecule has 0 atom stereocenters. The van der Waals surface area contributed by atoms with Crippen LogP contribution in [0.4, 0.5) is 17.2 Å². The number of amides is 1. The smallest absolute Gasteiger partial charge is 0.310 e. The predicted octanol–water partition coefficient (Wildman–Crippen LogP) is 1.84. The Hall–Kier alpha value is -3.20. The number of rotatable bonds is 6. The van der Waals surface area contributed by atoms with Gasteiger partial charge in [-0.15, -0.1) is 0 Å². The van der Waals surface area contributed by atoms with Crippen molar-refractivity contribution in [3.05, 3.63) is 52.7 Å². The van der Waals surface area contributed by atoms with Gasteiger partial charge in [0.1, 0.15) is 5.82 Å². The van der Waals surface area contributed by atoms with Crippen LogP contribution >= 0.6 is 0 Å². The largest absolute Gasteiger partial charge is 0.477 e. The number of carbonyl (C=O) groups is 1. The molecule has 9 heteroatoms. The maximum absolute atomic E-state index is 12.0. The quantitative estimate of drug-likeness (QED) is 0.620. The van der Waals surface area contributed by atoms with E-state index < -0.39 is 10.8 Å².